The average molecular weight is 676 g/mol. The van der Waals surface area contributed by atoms with Crippen LogP contribution in [-0.2, 0) is 0 Å². The Morgan fingerprint density at radius 1 is 0.490 bits per heavy atom. The molecule has 0 unspecified atom stereocenters. The summed E-state index contributed by atoms with van der Waals surface area (Å²) < 4.78 is 53.7. The smallest absolute Gasteiger partial charge is 0.164 e. The highest BCUT2D eigenvalue weighted by Gasteiger charge is 2.19. The number of nitrogens with zero attached hydrogens (tertiary/aromatic N) is 4. The van der Waals surface area contributed by atoms with Gasteiger partial charge in [0.05, 0.1) is 23.6 Å². The molecule has 0 saturated carbocycles. The Morgan fingerprint density at radius 3 is 1.82 bits per heavy atom. The van der Waals surface area contributed by atoms with Crippen LogP contribution in [0.3, 0.4) is 0 Å². The minimum absolute atomic E-state index is 0.0110. The van der Waals surface area contributed by atoms with Crippen molar-refractivity contribution in [1.82, 2.24) is 19.5 Å². The third-order valence-electron chi connectivity index (χ3n) is 9.55. The molecule has 0 fully saturated rings. The first-order valence-electron chi connectivity index (χ1n) is 19.0. The van der Waals surface area contributed by atoms with E-state index in [2.05, 4.69) is 59.2 Å². The lowest BCUT2D eigenvalue weighted by Gasteiger charge is -2.09. The molecule has 11 rings (SSSR count). The predicted molar refractivity (Wildman–Crippen MR) is 211 cm³/mol. The maximum absolute atomic E-state index is 8.77. The van der Waals surface area contributed by atoms with E-state index in [0.29, 0.717) is 28.4 Å². The zero-order valence-electron chi connectivity index (χ0n) is 31.7. The molecule has 0 saturated heterocycles. The predicted octanol–water partition coefficient (Wildman–Crippen LogP) is 12.2. The summed E-state index contributed by atoms with van der Waals surface area (Å²) in [5.74, 6) is 0.602. The topological polar surface area (TPSA) is 56.7 Å². The first-order chi connectivity index (χ1) is 27.3. The van der Waals surface area contributed by atoms with Crippen molar-refractivity contribution in [2.24, 2.45) is 0 Å². The number of aromatic nitrogens is 4. The highest BCUT2D eigenvalue weighted by molar-refractivity contribution is 7.25. The van der Waals surface area contributed by atoms with Crippen LogP contribution < -0.4 is 0 Å². The standard InChI is InChI=1S/C45H26N4OS/c1-2-11-27(12-3-1)43-46-44(48-45(47-43)29-22-24-41-35(26-29)32-15-6-9-20-40(32)51-41)28-21-23-39-34(25-28)33-16-10-19-38(42(33)50-39)49-36-17-7-4-13-30(36)31-14-5-8-18-37(31)49/h1-26H/i1D,2D,3D,11D,12D. The Kier molecular flexibility index (Phi) is 5.08. The van der Waals surface area contributed by atoms with E-state index in [1.807, 2.05) is 72.8 Å². The minimum Gasteiger partial charge on any atom is -0.454 e. The molecule has 0 atom stereocenters. The van der Waals surface area contributed by atoms with Crippen LogP contribution in [0.1, 0.15) is 6.85 Å². The molecule has 238 valence electrons. The lowest BCUT2D eigenvalue weighted by molar-refractivity contribution is 0.666. The van der Waals surface area contributed by atoms with Gasteiger partial charge in [-0.15, -0.1) is 11.3 Å². The summed E-state index contributed by atoms with van der Waals surface area (Å²) in [4.78, 5) is 14.6. The maximum Gasteiger partial charge on any atom is 0.164 e. The van der Waals surface area contributed by atoms with Crippen LogP contribution in [0.25, 0.3) is 104 Å². The fourth-order valence-corrected chi connectivity index (χ4v) is 8.34. The Bertz CT molecular complexity index is 3380. The fraction of sp³-hybridized carbons (Fsp3) is 0. The van der Waals surface area contributed by atoms with Crippen molar-refractivity contribution in [2.75, 3.05) is 0 Å². The lowest BCUT2D eigenvalue weighted by Crippen LogP contribution is -2.00. The number of furan rings is 1. The van der Waals surface area contributed by atoms with E-state index >= 15 is 0 Å². The van der Waals surface area contributed by atoms with Gasteiger partial charge in [-0.05, 0) is 60.7 Å². The molecule has 4 heterocycles. The fourth-order valence-electron chi connectivity index (χ4n) is 7.25. The van der Waals surface area contributed by atoms with Crippen molar-refractivity contribution < 1.29 is 11.3 Å². The van der Waals surface area contributed by atoms with Gasteiger partial charge in [-0.3, -0.25) is 0 Å². The quantitative estimate of drug-likeness (QED) is 0.186. The summed E-state index contributed by atoms with van der Waals surface area (Å²) in [6.45, 7) is 0. The Morgan fingerprint density at radius 2 is 1.08 bits per heavy atom. The Balaban J connectivity index is 1.13. The summed E-state index contributed by atoms with van der Waals surface area (Å²) in [5.41, 5.74) is 5.77. The molecule has 4 aromatic heterocycles. The molecule has 0 spiro atoms. The lowest BCUT2D eigenvalue weighted by atomic mass is 10.1. The van der Waals surface area contributed by atoms with Crippen molar-refractivity contribution in [2.45, 2.75) is 0 Å². The first-order valence-corrected chi connectivity index (χ1v) is 17.3. The average Bonchev–Trinajstić information content (AvgIpc) is 3.91. The number of hydrogen-bond donors (Lipinski definition) is 0. The molecule has 0 radical (unpaired) electrons. The van der Waals surface area contributed by atoms with Crippen LogP contribution in [-0.4, -0.2) is 19.5 Å². The second kappa shape index (κ2) is 10.9. The molecule has 0 aliphatic carbocycles. The number of hydrogen-bond acceptors (Lipinski definition) is 5. The largest absolute Gasteiger partial charge is 0.454 e. The first kappa shape index (κ1) is 23.7. The van der Waals surface area contributed by atoms with Crippen LogP contribution in [0.4, 0.5) is 0 Å². The van der Waals surface area contributed by atoms with Gasteiger partial charge in [0.2, 0.25) is 0 Å². The molecule has 0 aliphatic heterocycles. The highest BCUT2D eigenvalue weighted by Crippen LogP contribution is 2.40. The Labute approximate surface area is 302 Å². The van der Waals surface area contributed by atoms with Crippen LogP contribution in [0.5, 0.6) is 0 Å². The second-order valence-electron chi connectivity index (χ2n) is 12.5. The van der Waals surface area contributed by atoms with E-state index in [1.54, 1.807) is 11.3 Å². The number of rotatable bonds is 4. The van der Waals surface area contributed by atoms with Gasteiger partial charge in [0, 0.05) is 58.4 Å². The molecule has 7 aromatic carbocycles. The van der Waals surface area contributed by atoms with E-state index in [1.165, 1.54) is 0 Å². The third-order valence-corrected chi connectivity index (χ3v) is 10.7. The molecule has 11 aromatic rings. The van der Waals surface area contributed by atoms with E-state index in [0.717, 1.165) is 64.0 Å². The molecular weight excluding hydrogens is 645 g/mol. The maximum atomic E-state index is 8.77. The zero-order valence-corrected chi connectivity index (χ0v) is 27.5. The molecule has 5 nitrogen and oxygen atoms in total. The van der Waals surface area contributed by atoms with Crippen molar-refractivity contribution in [1.29, 1.82) is 0 Å². The summed E-state index contributed by atoms with van der Waals surface area (Å²) in [6, 6.07) is 40.7. The van der Waals surface area contributed by atoms with Gasteiger partial charge in [-0.2, -0.15) is 0 Å². The molecule has 6 heteroatoms. The zero-order chi connectivity index (χ0) is 37.8. The van der Waals surface area contributed by atoms with E-state index in [9.17, 15) is 0 Å². The molecule has 0 aliphatic rings. The van der Waals surface area contributed by atoms with Gasteiger partial charge in [0.1, 0.15) is 5.58 Å². The van der Waals surface area contributed by atoms with Crippen LogP contribution in [0.15, 0.2) is 162 Å². The normalized spacial score (nSPS) is 13.3. The van der Waals surface area contributed by atoms with Crippen molar-refractivity contribution in [3.05, 3.63) is 158 Å². The van der Waals surface area contributed by atoms with Gasteiger partial charge < -0.3 is 8.98 Å². The van der Waals surface area contributed by atoms with E-state index in [4.69, 9.17) is 26.2 Å². The molecular formula is C45H26N4OS. The number of thiophene rings is 1. The van der Waals surface area contributed by atoms with Gasteiger partial charge in [-0.1, -0.05) is 96.9 Å². The summed E-state index contributed by atoms with van der Waals surface area (Å²) in [7, 11) is 0. The molecule has 0 N–H and O–H groups in total. The number of fused-ring (bicyclic) bond motifs is 9. The van der Waals surface area contributed by atoms with Gasteiger partial charge in [0.15, 0.2) is 23.1 Å². The van der Waals surface area contributed by atoms with Crippen molar-refractivity contribution >= 4 is 75.3 Å². The van der Waals surface area contributed by atoms with E-state index < -0.39 is 18.1 Å². The highest BCUT2D eigenvalue weighted by atomic mass is 32.1. The Hall–Kier alpha value is -6.63. The van der Waals surface area contributed by atoms with Gasteiger partial charge >= 0.3 is 0 Å². The van der Waals surface area contributed by atoms with Gasteiger partial charge in [0.25, 0.3) is 0 Å². The summed E-state index contributed by atoms with van der Waals surface area (Å²) in [5, 5.41) is 6.26. The number of para-hydroxylation sites is 3. The van der Waals surface area contributed by atoms with Crippen LogP contribution in [0.2, 0.25) is 0 Å². The van der Waals surface area contributed by atoms with Gasteiger partial charge in [-0.25, -0.2) is 15.0 Å². The number of benzene rings is 7. The summed E-state index contributed by atoms with van der Waals surface area (Å²) >= 11 is 1.71. The molecule has 51 heavy (non-hydrogen) atoms. The SMILES string of the molecule is [2H]c1c([2H])c([2H])c(-c2nc(-c3ccc4oc5c(-n6c7ccccc7c7ccccc76)cccc5c4c3)nc(-c3ccc4sc5ccccc5c4c3)n2)c([2H])c1[2H]. The molecule has 0 amide bonds. The summed E-state index contributed by atoms with van der Waals surface area (Å²) in [6.07, 6.45) is 0. The third kappa shape index (κ3) is 4.37. The van der Waals surface area contributed by atoms with Crippen LogP contribution in [0, 0.1) is 0 Å². The van der Waals surface area contributed by atoms with Crippen molar-refractivity contribution in [3.8, 4) is 39.9 Å². The van der Waals surface area contributed by atoms with Crippen molar-refractivity contribution in [3.63, 3.8) is 0 Å². The molecule has 0 bridgehead atoms. The van der Waals surface area contributed by atoms with Crippen LogP contribution >= 0.6 is 11.3 Å². The minimum atomic E-state index is -0.481. The monoisotopic (exact) mass is 675 g/mol. The second-order valence-corrected chi connectivity index (χ2v) is 13.5. The van der Waals surface area contributed by atoms with E-state index in [-0.39, 0.29) is 23.5 Å².